The predicted octanol–water partition coefficient (Wildman–Crippen LogP) is 3.71. The summed E-state index contributed by atoms with van der Waals surface area (Å²) in [6, 6.07) is 0. The van der Waals surface area contributed by atoms with E-state index in [2.05, 4.69) is 38.1 Å². The summed E-state index contributed by atoms with van der Waals surface area (Å²) in [5, 5.41) is 0. The molecular formula is C12H21N. The van der Waals surface area contributed by atoms with E-state index in [4.69, 9.17) is 0 Å². The zero-order valence-corrected chi connectivity index (χ0v) is 9.41. The van der Waals surface area contributed by atoms with Gasteiger partial charge in [-0.3, -0.25) is 0 Å². The van der Waals surface area contributed by atoms with Gasteiger partial charge in [0.1, 0.15) is 0 Å². The third kappa shape index (κ3) is 4.56. The van der Waals surface area contributed by atoms with E-state index in [9.17, 15) is 0 Å². The van der Waals surface area contributed by atoms with E-state index in [1.807, 2.05) is 38.2 Å². The van der Waals surface area contributed by atoms with E-state index in [0.29, 0.717) is 0 Å². The van der Waals surface area contributed by atoms with Crippen LogP contribution in [0.25, 0.3) is 0 Å². The topological polar surface area (TPSA) is 3.24 Å². The van der Waals surface area contributed by atoms with Crippen LogP contribution in [-0.4, -0.2) is 10.4 Å². The standard InChI is InChI=1S/C10H15N.C2H6/c1-10(2,3)11-8-6-4-5-7-9-11;1-2/h4-9H,1-3H3;1-2H3. The average molecular weight is 179 g/mol. The summed E-state index contributed by atoms with van der Waals surface area (Å²) in [7, 11) is 0. The third-order valence-corrected chi connectivity index (χ3v) is 1.60. The molecule has 0 unspecified atom stereocenters. The Balaban J connectivity index is 0.000000671. The second kappa shape index (κ2) is 5.63. The van der Waals surface area contributed by atoms with Crippen molar-refractivity contribution in [3.63, 3.8) is 0 Å². The van der Waals surface area contributed by atoms with Crippen LogP contribution in [0.3, 0.4) is 0 Å². The molecule has 0 aliphatic carbocycles. The summed E-state index contributed by atoms with van der Waals surface area (Å²) in [5.41, 5.74) is 0.180. The van der Waals surface area contributed by atoms with Crippen molar-refractivity contribution < 1.29 is 0 Å². The summed E-state index contributed by atoms with van der Waals surface area (Å²) in [4.78, 5) is 2.19. The van der Waals surface area contributed by atoms with E-state index in [0.717, 1.165) is 0 Å². The van der Waals surface area contributed by atoms with Crippen LogP contribution in [0.1, 0.15) is 34.6 Å². The Morgan fingerprint density at radius 2 is 1.15 bits per heavy atom. The highest BCUT2D eigenvalue weighted by molar-refractivity contribution is 5.16. The largest absolute Gasteiger partial charge is 0.349 e. The first-order chi connectivity index (χ1) is 6.11. The molecule has 0 aromatic carbocycles. The van der Waals surface area contributed by atoms with Gasteiger partial charge in [-0.1, -0.05) is 26.0 Å². The van der Waals surface area contributed by atoms with Crippen LogP contribution >= 0.6 is 0 Å². The zero-order chi connectivity index (χ0) is 10.3. The number of hydrogen-bond donors (Lipinski definition) is 0. The van der Waals surface area contributed by atoms with Crippen molar-refractivity contribution in [1.82, 2.24) is 4.90 Å². The van der Waals surface area contributed by atoms with Crippen LogP contribution in [0.2, 0.25) is 0 Å². The smallest absolute Gasteiger partial charge is 0.0355 e. The minimum absolute atomic E-state index is 0.180. The second-order valence-electron chi connectivity index (χ2n) is 3.65. The molecule has 0 saturated heterocycles. The molecule has 0 spiro atoms. The van der Waals surface area contributed by atoms with Crippen LogP contribution in [0.5, 0.6) is 0 Å². The first kappa shape index (κ1) is 12.0. The lowest BCUT2D eigenvalue weighted by Gasteiger charge is -2.31. The van der Waals surface area contributed by atoms with Gasteiger partial charge >= 0.3 is 0 Å². The Morgan fingerprint density at radius 1 is 0.769 bits per heavy atom. The van der Waals surface area contributed by atoms with E-state index in [1.54, 1.807) is 0 Å². The predicted molar refractivity (Wildman–Crippen MR) is 60.4 cm³/mol. The molecule has 1 aliphatic heterocycles. The Morgan fingerprint density at radius 3 is 1.46 bits per heavy atom. The fourth-order valence-electron chi connectivity index (χ4n) is 0.910. The molecule has 1 nitrogen and oxygen atoms in total. The lowest BCUT2D eigenvalue weighted by Crippen LogP contribution is -2.32. The Labute approximate surface area is 82.4 Å². The number of nitrogens with zero attached hydrogens (tertiary/aromatic N) is 1. The second-order valence-corrected chi connectivity index (χ2v) is 3.65. The quantitative estimate of drug-likeness (QED) is 0.548. The van der Waals surface area contributed by atoms with E-state index in [-0.39, 0.29) is 5.54 Å². The number of rotatable bonds is 0. The first-order valence-corrected chi connectivity index (χ1v) is 4.91. The molecule has 0 atom stereocenters. The van der Waals surface area contributed by atoms with Crippen LogP contribution in [0.15, 0.2) is 36.7 Å². The lowest BCUT2D eigenvalue weighted by molar-refractivity contribution is 0.281. The highest BCUT2D eigenvalue weighted by Crippen LogP contribution is 2.15. The Hall–Kier alpha value is -0.980. The highest BCUT2D eigenvalue weighted by atomic mass is 15.1. The molecule has 0 amide bonds. The van der Waals surface area contributed by atoms with Crippen molar-refractivity contribution in [2.45, 2.75) is 40.2 Å². The molecule has 0 aromatic rings. The summed E-state index contributed by atoms with van der Waals surface area (Å²) in [6.07, 6.45) is 12.3. The normalized spacial score (nSPS) is 15.0. The van der Waals surface area contributed by atoms with Crippen molar-refractivity contribution in [3.05, 3.63) is 36.7 Å². The fraction of sp³-hybridized carbons (Fsp3) is 0.500. The Bertz CT molecular complexity index is 188. The van der Waals surface area contributed by atoms with Gasteiger partial charge in [-0.05, 0) is 32.9 Å². The van der Waals surface area contributed by atoms with Gasteiger partial charge in [0.2, 0.25) is 0 Å². The summed E-state index contributed by atoms with van der Waals surface area (Å²) in [5.74, 6) is 0. The first-order valence-electron chi connectivity index (χ1n) is 4.91. The molecule has 0 N–H and O–H groups in total. The van der Waals surface area contributed by atoms with Gasteiger partial charge in [-0.2, -0.15) is 0 Å². The monoisotopic (exact) mass is 179 g/mol. The minimum atomic E-state index is 0.180. The maximum atomic E-state index is 2.19. The van der Waals surface area contributed by atoms with Crippen LogP contribution in [0.4, 0.5) is 0 Å². The molecule has 0 fully saturated rings. The van der Waals surface area contributed by atoms with Gasteiger partial charge in [-0.25, -0.2) is 0 Å². The molecule has 74 valence electrons. The summed E-state index contributed by atoms with van der Waals surface area (Å²) < 4.78 is 0. The van der Waals surface area contributed by atoms with Crippen LogP contribution < -0.4 is 0 Å². The highest BCUT2D eigenvalue weighted by Gasteiger charge is 2.14. The van der Waals surface area contributed by atoms with Gasteiger partial charge < -0.3 is 4.90 Å². The summed E-state index contributed by atoms with van der Waals surface area (Å²) in [6.45, 7) is 10.6. The summed E-state index contributed by atoms with van der Waals surface area (Å²) >= 11 is 0. The van der Waals surface area contributed by atoms with Gasteiger partial charge in [0, 0.05) is 17.9 Å². The molecule has 1 aliphatic rings. The van der Waals surface area contributed by atoms with Crippen LogP contribution in [-0.2, 0) is 0 Å². The van der Waals surface area contributed by atoms with Crippen molar-refractivity contribution in [2.24, 2.45) is 0 Å². The Kier molecular flexibility index (Phi) is 5.20. The maximum absolute atomic E-state index is 2.19. The minimum Gasteiger partial charge on any atom is -0.349 e. The van der Waals surface area contributed by atoms with Gasteiger partial charge in [0.05, 0.1) is 0 Å². The van der Waals surface area contributed by atoms with Gasteiger partial charge in [0.15, 0.2) is 0 Å². The van der Waals surface area contributed by atoms with Crippen molar-refractivity contribution >= 4 is 0 Å². The molecule has 1 heteroatoms. The van der Waals surface area contributed by atoms with Gasteiger partial charge in [-0.15, -0.1) is 0 Å². The molecular weight excluding hydrogens is 158 g/mol. The molecule has 1 heterocycles. The number of allylic oxidation sites excluding steroid dienone is 4. The van der Waals surface area contributed by atoms with Crippen molar-refractivity contribution in [2.75, 3.05) is 0 Å². The molecule has 0 saturated carbocycles. The van der Waals surface area contributed by atoms with Crippen molar-refractivity contribution in [1.29, 1.82) is 0 Å². The molecule has 0 bridgehead atoms. The molecule has 0 radical (unpaired) electrons. The van der Waals surface area contributed by atoms with E-state index >= 15 is 0 Å². The van der Waals surface area contributed by atoms with E-state index in [1.165, 1.54) is 0 Å². The SMILES string of the molecule is CC.CC(C)(C)N1C=CC=CC=C1. The zero-order valence-electron chi connectivity index (χ0n) is 9.41. The average Bonchev–Trinajstić information content (AvgIpc) is 2.34. The van der Waals surface area contributed by atoms with Gasteiger partial charge in [0.25, 0.3) is 0 Å². The maximum Gasteiger partial charge on any atom is 0.0355 e. The lowest BCUT2D eigenvalue weighted by atomic mass is 10.1. The number of hydrogen-bond acceptors (Lipinski definition) is 1. The molecule has 13 heavy (non-hydrogen) atoms. The van der Waals surface area contributed by atoms with E-state index < -0.39 is 0 Å². The van der Waals surface area contributed by atoms with Crippen molar-refractivity contribution in [3.8, 4) is 0 Å². The fourth-order valence-corrected chi connectivity index (χ4v) is 0.910. The molecule has 1 rings (SSSR count). The molecule has 0 aromatic heterocycles. The van der Waals surface area contributed by atoms with Crippen LogP contribution in [0, 0.1) is 0 Å². The third-order valence-electron chi connectivity index (χ3n) is 1.60.